The molecule has 0 atom stereocenters. The molecule has 1 saturated heterocycles. The first-order chi connectivity index (χ1) is 12.5. The van der Waals surface area contributed by atoms with Gasteiger partial charge in [-0.2, -0.15) is 0 Å². The summed E-state index contributed by atoms with van der Waals surface area (Å²) in [5, 5.41) is 1.75. The van der Waals surface area contributed by atoms with Crippen LogP contribution in [0.2, 0.25) is 0 Å². The number of ether oxygens (including phenoxy) is 2. The Morgan fingerprint density at radius 3 is 2.50 bits per heavy atom. The second kappa shape index (κ2) is 7.76. The molecule has 0 saturated carbocycles. The number of methoxy groups -OCH3 is 1. The first-order valence-electron chi connectivity index (χ1n) is 7.37. The number of nitrogens with one attached hydrogen (secondary N) is 1. The van der Waals surface area contributed by atoms with Crippen LogP contribution in [0.4, 0.5) is 4.79 Å². The molecule has 6 nitrogen and oxygen atoms in total. The van der Waals surface area contributed by atoms with Crippen molar-refractivity contribution in [3.63, 3.8) is 0 Å². The third-order valence-electron chi connectivity index (χ3n) is 3.43. The predicted molar refractivity (Wildman–Crippen MR) is 101 cm³/mol. The molecule has 1 aliphatic rings. The number of esters is 1. The van der Waals surface area contributed by atoms with Crippen LogP contribution in [-0.2, 0) is 4.79 Å². The van der Waals surface area contributed by atoms with Gasteiger partial charge in [0.2, 0.25) is 0 Å². The average Bonchev–Trinajstić information content (AvgIpc) is 2.94. The lowest BCUT2D eigenvalue weighted by Crippen LogP contribution is -2.17. The molecule has 2 amide bonds. The van der Waals surface area contributed by atoms with E-state index in [4.69, 9.17) is 9.47 Å². The number of carbonyl (C=O) groups is 3. The largest absolute Gasteiger partial charge is 0.497 e. The highest BCUT2D eigenvalue weighted by atomic mass is 79.9. The van der Waals surface area contributed by atoms with Gasteiger partial charge in [0.1, 0.15) is 11.5 Å². The summed E-state index contributed by atoms with van der Waals surface area (Å²) >= 11 is 4.14. The lowest BCUT2D eigenvalue weighted by Gasteiger charge is -2.09. The summed E-state index contributed by atoms with van der Waals surface area (Å²) in [6.45, 7) is 0. The average molecular weight is 434 g/mol. The number of carbonyl (C=O) groups excluding carboxylic acids is 3. The maximum absolute atomic E-state index is 12.4. The minimum Gasteiger partial charge on any atom is -0.497 e. The van der Waals surface area contributed by atoms with E-state index in [0.29, 0.717) is 16.9 Å². The van der Waals surface area contributed by atoms with E-state index in [-0.39, 0.29) is 10.7 Å². The van der Waals surface area contributed by atoms with E-state index in [0.717, 1.165) is 16.2 Å². The number of rotatable bonds is 4. The van der Waals surface area contributed by atoms with Gasteiger partial charge in [-0.25, -0.2) is 4.79 Å². The molecule has 1 N–H and O–H groups in total. The predicted octanol–water partition coefficient (Wildman–Crippen LogP) is 4.00. The van der Waals surface area contributed by atoms with Gasteiger partial charge < -0.3 is 9.47 Å². The van der Waals surface area contributed by atoms with Crippen molar-refractivity contribution in [2.75, 3.05) is 7.11 Å². The van der Waals surface area contributed by atoms with E-state index in [1.54, 1.807) is 42.5 Å². The molecule has 2 aromatic rings. The van der Waals surface area contributed by atoms with Crippen LogP contribution < -0.4 is 14.8 Å². The Morgan fingerprint density at radius 1 is 1.15 bits per heavy atom. The number of benzene rings is 2. The Bertz CT molecular complexity index is 924. The SMILES string of the molecule is COc1ccc(C(=O)Oc2ccc(Br)cc2/C=C2\SC(=O)NC2=O)cc1. The number of hydrogen-bond donors (Lipinski definition) is 1. The highest BCUT2D eigenvalue weighted by Crippen LogP contribution is 2.31. The van der Waals surface area contributed by atoms with Crippen LogP contribution in [0.3, 0.4) is 0 Å². The van der Waals surface area contributed by atoms with Gasteiger partial charge in [0.05, 0.1) is 17.6 Å². The standard InChI is InChI=1S/C18H12BrNO5S/c1-24-13-5-2-10(3-6-13)17(22)25-14-7-4-12(19)8-11(14)9-15-16(21)20-18(23)26-15/h2-9H,1H3,(H,20,21,23)/b15-9-. The van der Waals surface area contributed by atoms with Gasteiger partial charge in [-0.3, -0.25) is 14.9 Å². The van der Waals surface area contributed by atoms with E-state index >= 15 is 0 Å². The zero-order valence-electron chi connectivity index (χ0n) is 13.4. The Balaban J connectivity index is 1.88. The molecule has 1 heterocycles. The van der Waals surface area contributed by atoms with Crippen LogP contribution in [0.15, 0.2) is 51.8 Å². The summed E-state index contributed by atoms with van der Waals surface area (Å²) in [4.78, 5) is 35.6. The fourth-order valence-corrected chi connectivity index (χ4v) is 3.23. The van der Waals surface area contributed by atoms with Crippen LogP contribution in [0.1, 0.15) is 15.9 Å². The quantitative estimate of drug-likeness (QED) is 0.445. The number of thioether (sulfide) groups is 1. The summed E-state index contributed by atoms with van der Waals surface area (Å²) in [6, 6.07) is 11.5. The van der Waals surface area contributed by atoms with Crippen LogP contribution in [-0.4, -0.2) is 24.2 Å². The topological polar surface area (TPSA) is 81.7 Å². The van der Waals surface area contributed by atoms with Crippen molar-refractivity contribution >= 4 is 50.9 Å². The minimum atomic E-state index is -0.547. The molecule has 8 heteroatoms. The lowest BCUT2D eigenvalue weighted by molar-refractivity contribution is -0.115. The van der Waals surface area contributed by atoms with E-state index in [1.807, 2.05) is 0 Å². The van der Waals surface area contributed by atoms with Crippen molar-refractivity contribution in [3.05, 3.63) is 63.0 Å². The third kappa shape index (κ3) is 4.14. The highest BCUT2D eigenvalue weighted by Gasteiger charge is 2.25. The van der Waals surface area contributed by atoms with E-state index < -0.39 is 17.1 Å². The Labute approximate surface area is 161 Å². The molecule has 0 bridgehead atoms. The molecule has 0 radical (unpaired) electrons. The summed E-state index contributed by atoms with van der Waals surface area (Å²) in [5.41, 5.74) is 0.851. The molecule has 0 spiro atoms. The van der Waals surface area contributed by atoms with Gasteiger partial charge in [0.25, 0.3) is 11.1 Å². The molecule has 132 valence electrons. The molecule has 0 aliphatic carbocycles. The number of halogens is 1. The molecular weight excluding hydrogens is 422 g/mol. The molecule has 1 aliphatic heterocycles. The van der Waals surface area contributed by atoms with E-state index in [1.165, 1.54) is 13.2 Å². The fourth-order valence-electron chi connectivity index (χ4n) is 2.17. The maximum atomic E-state index is 12.4. The number of hydrogen-bond acceptors (Lipinski definition) is 6. The molecule has 1 fully saturated rings. The smallest absolute Gasteiger partial charge is 0.343 e. The monoisotopic (exact) mass is 433 g/mol. The fraction of sp³-hybridized carbons (Fsp3) is 0.0556. The number of amides is 2. The van der Waals surface area contributed by atoms with Gasteiger partial charge in [-0.05, 0) is 60.3 Å². The third-order valence-corrected chi connectivity index (χ3v) is 4.73. The molecule has 0 unspecified atom stereocenters. The summed E-state index contributed by atoms with van der Waals surface area (Å²) in [5.74, 6) is -0.125. The number of imide groups is 1. The molecule has 3 rings (SSSR count). The van der Waals surface area contributed by atoms with Crippen LogP contribution in [0.25, 0.3) is 6.08 Å². The molecule has 26 heavy (non-hydrogen) atoms. The van der Waals surface area contributed by atoms with Crippen molar-refractivity contribution in [2.24, 2.45) is 0 Å². The van der Waals surface area contributed by atoms with Gasteiger partial charge >= 0.3 is 5.97 Å². The van der Waals surface area contributed by atoms with Crippen molar-refractivity contribution in [1.29, 1.82) is 0 Å². The molecule has 0 aromatic heterocycles. The summed E-state index contributed by atoms with van der Waals surface area (Å²) < 4.78 is 11.3. The Kier molecular flexibility index (Phi) is 5.43. The second-order valence-electron chi connectivity index (χ2n) is 5.15. The molecular formula is C18H12BrNO5S. The zero-order valence-corrected chi connectivity index (χ0v) is 15.8. The highest BCUT2D eigenvalue weighted by molar-refractivity contribution is 9.10. The summed E-state index contributed by atoms with van der Waals surface area (Å²) in [7, 11) is 1.54. The van der Waals surface area contributed by atoms with Crippen LogP contribution >= 0.6 is 27.7 Å². The van der Waals surface area contributed by atoms with Crippen LogP contribution in [0, 0.1) is 0 Å². The van der Waals surface area contributed by atoms with Gasteiger partial charge in [0.15, 0.2) is 0 Å². The van der Waals surface area contributed by atoms with Gasteiger partial charge in [0, 0.05) is 10.0 Å². The van der Waals surface area contributed by atoms with Crippen LogP contribution in [0.5, 0.6) is 11.5 Å². The Hall–Kier alpha value is -2.58. The normalized spacial score (nSPS) is 15.1. The van der Waals surface area contributed by atoms with Crippen molar-refractivity contribution < 1.29 is 23.9 Å². The minimum absolute atomic E-state index is 0.231. The maximum Gasteiger partial charge on any atom is 0.343 e. The van der Waals surface area contributed by atoms with E-state index in [2.05, 4.69) is 21.2 Å². The first-order valence-corrected chi connectivity index (χ1v) is 8.98. The second-order valence-corrected chi connectivity index (χ2v) is 7.08. The Morgan fingerprint density at radius 2 is 1.88 bits per heavy atom. The van der Waals surface area contributed by atoms with Gasteiger partial charge in [-0.1, -0.05) is 15.9 Å². The first kappa shape index (κ1) is 18.2. The lowest BCUT2D eigenvalue weighted by atomic mass is 10.1. The summed E-state index contributed by atoms with van der Waals surface area (Å²) in [6.07, 6.45) is 1.51. The van der Waals surface area contributed by atoms with Crippen molar-refractivity contribution in [2.45, 2.75) is 0 Å². The van der Waals surface area contributed by atoms with Crippen molar-refractivity contribution in [3.8, 4) is 11.5 Å². The molecule has 2 aromatic carbocycles. The van der Waals surface area contributed by atoms with Crippen molar-refractivity contribution in [1.82, 2.24) is 5.32 Å². The van der Waals surface area contributed by atoms with E-state index in [9.17, 15) is 14.4 Å². The van der Waals surface area contributed by atoms with Gasteiger partial charge in [-0.15, -0.1) is 0 Å². The zero-order chi connectivity index (χ0) is 18.7.